The molecule has 11 heavy (non-hydrogen) atoms. The Kier molecular flexibility index (Phi) is 8.72. The summed E-state index contributed by atoms with van der Waals surface area (Å²) in [5.74, 6) is 2.30. The molecule has 0 aromatic heterocycles. The predicted octanol–water partition coefficient (Wildman–Crippen LogP) is 3.96. The highest BCUT2D eigenvalue weighted by Gasteiger charge is 1.97. The van der Waals surface area contributed by atoms with Crippen LogP contribution in [0, 0.1) is 5.92 Å². The minimum atomic E-state index is 0.948. The summed E-state index contributed by atoms with van der Waals surface area (Å²) < 4.78 is 0. The van der Waals surface area contributed by atoms with Crippen molar-refractivity contribution in [1.82, 2.24) is 0 Å². The highest BCUT2D eigenvalue weighted by molar-refractivity contribution is 7.98. The van der Waals surface area contributed by atoms with E-state index in [0.717, 1.165) is 5.92 Å². The van der Waals surface area contributed by atoms with Crippen molar-refractivity contribution in [1.29, 1.82) is 0 Å². The van der Waals surface area contributed by atoms with E-state index < -0.39 is 0 Å². The maximum absolute atomic E-state index is 2.36. The Balaban J connectivity index is 2.89. The first-order valence-corrected chi connectivity index (χ1v) is 6.19. The lowest BCUT2D eigenvalue weighted by Crippen LogP contribution is -1.91. The van der Waals surface area contributed by atoms with Gasteiger partial charge in [0.1, 0.15) is 0 Å². The Labute approximate surface area is 76.1 Å². The number of rotatable bonds is 7. The van der Waals surface area contributed by atoms with Gasteiger partial charge < -0.3 is 0 Å². The lowest BCUT2D eigenvalue weighted by Gasteiger charge is -2.06. The molecule has 0 radical (unpaired) electrons. The molecule has 0 bridgehead atoms. The molecule has 0 fully saturated rings. The molecule has 0 saturated carbocycles. The Hall–Kier alpha value is 0.350. The summed E-state index contributed by atoms with van der Waals surface area (Å²) in [6.07, 6.45) is 9.26. The average molecular weight is 174 g/mol. The largest absolute Gasteiger partial charge is 0.165 e. The van der Waals surface area contributed by atoms with Gasteiger partial charge in [-0.15, -0.1) is 0 Å². The fourth-order valence-electron chi connectivity index (χ4n) is 1.12. The molecule has 68 valence electrons. The van der Waals surface area contributed by atoms with Gasteiger partial charge in [-0.05, 0) is 24.3 Å². The average Bonchev–Trinajstić information content (AvgIpc) is 2.04. The molecule has 0 aliphatic heterocycles. The van der Waals surface area contributed by atoms with E-state index >= 15 is 0 Å². The summed E-state index contributed by atoms with van der Waals surface area (Å²) in [6, 6.07) is 0. The van der Waals surface area contributed by atoms with E-state index in [2.05, 4.69) is 20.1 Å². The minimum absolute atomic E-state index is 0.948. The van der Waals surface area contributed by atoms with Gasteiger partial charge in [0.15, 0.2) is 0 Å². The molecule has 1 heteroatoms. The zero-order valence-corrected chi connectivity index (χ0v) is 9.04. The van der Waals surface area contributed by atoms with E-state index in [0.29, 0.717) is 0 Å². The number of thioether (sulfide) groups is 1. The summed E-state index contributed by atoms with van der Waals surface area (Å²) in [7, 11) is 0. The van der Waals surface area contributed by atoms with Crippen molar-refractivity contribution in [3.05, 3.63) is 0 Å². The second-order valence-electron chi connectivity index (χ2n) is 3.36. The van der Waals surface area contributed by atoms with Crippen LogP contribution in [0.25, 0.3) is 0 Å². The van der Waals surface area contributed by atoms with Crippen molar-refractivity contribution in [2.45, 2.75) is 46.0 Å². The van der Waals surface area contributed by atoms with Crippen LogP contribution in [0.4, 0.5) is 0 Å². The summed E-state index contributed by atoms with van der Waals surface area (Å²) in [5.41, 5.74) is 0. The SMILES string of the molecule is CCC(C)CCCCCSC. The lowest BCUT2D eigenvalue weighted by atomic mass is 10.0. The van der Waals surface area contributed by atoms with Crippen LogP contribution in [-0.2, 0) is 0 Å². The van der Waals surface area contributed by atoms with E-state index in [1.54, 1.807) is 0 Å². The van der Waals surface area contributed by atoms with Crippen LogP contribution in [0.3, 0.4) is 0 Å². The molecular formula is C10H22S. The first kappa shape index (κ1) is 11.4. The number of unbranched alkanes of at least 4 members (excludes halogenated alkanes) is 2. The Morgan fingerprint density at radius 1 is 1.18 bits per heavy atom. The Morgan fingerprint density at radius 3 is 2.45 bits per heavy atom. The summed E-state index contributed by atoms with van der Waals surface area (Å²) in [5, 5.41) is 0. The van der Waals surface area contributed by atoms with Crippen molar-refractivity contribution >= 4 is 11.8 Å². The maximum Gasteiger partial charge on any atom is -0.00703 e. The fraction of sp³-hybridized carbons (Fsp3) is 1.00. The standard InChI is InChI=1S/C10H22S/c1-4-10(2)8-6-5-7-9-11-3/h10H,4-9H2,1-3H3. The molecule has 0 aliphatic carbocycles. The van der Waals surface area contributed by atoms with E-state index in [1.165, 1.54) is 37.9 Å². The highest BCUT2D eigenvalue weighted by atomic mass is 32.2. The highest BCUT2D eigenvalue weighted by Crippen LogP contribution is 2.12. The second-order valence-corrected chi connectivity index (χ2v) is 4.34. The van der Waals surface area contributed by atoms with Gasteiger partial charge in [-0.2, -0.15) is 11.8 Å². The molecule has 0 aromatic rings. The quantitative estimate of drug-likeness (QED) is 0.527. The molecule has 1 atom stereocenters. The van der Waals surface area contributed by atoms with Gasteiger partial charge in [0.05, 0.1) is 0 Å². The number of hydrogen-bond donors (Lipinski definition) is 0. The van der Waals surface area contributed by atoms with Crippen LogP contribution < -0.4 is 0 Å². The van der Waals surface area contributed by atoms with Crippen molar-refractivity contribution < 1.29 is 0 Å². The molecule has 0 aromatic carbocycles. The molecule has 0 rings (SSSR count). The third-order valence-corrected chi connectivity index (χ3v) is 2.94. The van der Waals surface area contributed by atoms with Crippen molar-refractivity contribution in [2.24, 2.45) is 5.92 Å². The molecule has 0 amide bonds. The third-order valence-electron chi connectivity index (χ3n) is 2.24. The number of hydrogen-bond acceptors (Lipinski definition) is 1. The van der Waals surface area contributed by atoms with Crippen LogP contribution in [0.5, 0.6) is 0 Å². The molecule has 0 heterocycles. The Morgan fingerprint density at radius 2 is 1.91 bits per heavy atom. The molecule has 0 nitrogen and oxygen atoms in total. The fourth-order valence-corrected chi connectivity index (χ4v) is 1.61. The van der Waals surface area contributed by atoms with Gasteiger partial charge in [-0.3, -0.25) is 0 Å². The van der Waals surface area contributed by atoms with E-state index in [9.17, 15) is 0 Å². The first-order valence-electron chi connectivity index (χ1n) is 4.80. The van der Waals surface area contributed by atoms with Crippen LogP contribution in [0.1, 0.15) is 46.0 Å². The smallest absolute Gasteiger partial charge is 0.00703 e. The van der Waals surface area contributed by atoms with Crippen LogP contribution in [0.2, 0.25) is 0 Å². The van der Waals surface area contributed by atoms with Crippen LogP contribution >= 0.6 is 11.8 Å². The van der Waals surface area contributed by atoms with Gasteiger partial charge in [0.25, 0.3) is 0 Å². The molecular weight excluding hydrogens is 152 g/mol. The normalized spacial score (nSPS) is 13.4. The van der Waals surface area contributed by atoms with Crippen LogP contribution in [-0.4, -0.2) is 12.0 Å². The summed E-state index contributed by atoms with van der Waals surface area (Å²) >= 11 is 1.97. The van der Waals surface area contributed by atoms with Crippen LogP contribution in [0.15, 0.2) is 0 Å². The van der Waals surface area contributed by atoms with Gasteiger partial charge in [0.2, 0.25) is 0 Å². The molecule has 1 unspecified atom stereocenters. The molecule has 0 spiro atoms. The second kappa shape index (κ2) is 8.45. The van der Waals surface area contributed by atoms with Crippen molar-refractivity contribution in [3.8, 4) is 0 Å². The van der Waals surface area contributed by atoms with Gasteiger partial charge in [-0.25, -0.2) is 0 Å². The van der Waals surface area contributed by atoms with Gasteiger partial charge in [0, 0.05) is 0 Å². The topological polar surface area (TPSA) is 0 Å². The van der Waals surface area contributed by atoms with Crippen molar-refractivity contribution in [2.75, 3.05) is 12.0 Å². The van der Waals surface area contributed by atoms with E-state index in [-0.39, 0.29) is 0 Å². The molecule has 0 N–H and O–H groups in total. The third kappa shape index (κ3) is 8.25. The minimum Gasteiger partial charge on any atom is -0.165 e. The van der Waals surface area contributed by atoms with Crippen molar-refractivity contribution in [3.63, 3.8) is 0 Å². The van der Waals surface area contributed by atoms with E-state index in [4.69, 9.17) is 0 Å². The Bertz CT molecular complexity index is 71.3. The summed E-state index contributed by atoms with van der Waals surface area (Å²) in [4.78, 5) is 0. The van der Waals surface area contributed by atoms with E-state index in [1.807, 2.05) is 11.8 Å². The zero-order chi connectivity index (χ0) is 8.53. The lowest BCUT2D eigenvalue weighted by molar-refractivity contribution is 0.483. The predicted molar refractivity (Wildman–Crippen MR) is 56.3 cm³/mol. The maximum atomic E-state index is 2.36. The first-order chi connectivity index (χ1) is 5.31. The zero-order valence-electron chi connectivity index (χ0n) is 8.23. The summed E-state index contributed by atoms with van der Waals surface area (Å²) in [6.45, 7) is 4.64. The van der Waals surface area contributed by atoms with Gasteiger partial charge in [-0.1, -0.05) is 39.5 Å². The monoisotopic (exact) mass is 174 g/mol. The molecule has 0 saturated heterocycles. The van der Waals surface area contributed by atoms with Gasteiger partial charge >= 0.3 is 0 Å². The molecule has 0 aliphatic rings.